The monoisotopic (exact) mass is 249 g/mol. The van der Waals surface area contributed by atoms with Gasteiger partial charge in [-0.25, -0.2) is 4.98 Å². The molecule has 18 heavy (non-hydrogen) atoms. The summed E-state index contributed by atoms with van der Waals surface area (Å²) >= 11 is 0. The maximum atomic E-state index is 5.39. The number of hydrogen-bond donors (Lipinski definition) is 1. The molecule has 1 aliphatic rings. The summed E-state index contributed by atoms with van der Waals surface area (Å²) in [5.41, 5.74) is 1.30. The first kappa shape index (κ1) is 13.3. The normalized spacial score (nSPS) is 19.4. The van der Waals surface area contributed by atoms with E-state index in [0.717, 1.165) is 38.4 Å². The fourth-order valence-corrected chi connectivity index (χ4v) is 2.28. The van der Waals surface area contributed by atoms with Gasteiger partial charge in [0.1, 0.15) is 5.82 Å². The highest BCUT2D eigenvalue weighted by molar-refractivity contribution is 5.42. The van der Waals surface area contributed by atoms with Crippen molar-refractivity contribution < 1.29 is 4.74 Å². The molecule has 0 bridgehead atoms. The van der Waals surface area contributed by atoms with Crippen LogP contribution < -0.4 is 10.2 Å². The topological polar surface area (TPSA) is 37.4 Å². The van der Waals surface area contributed by atoms with Crippen LogP contribution >= 0.6 is 0 Å². The third-order valence-electron chi connectivity index (χ3n) is 3.37. The van der Waals surface area contributed by atoms with Crippen LogP contribution in [0.25, 0.3) is 0 Å². The quantitative estimate of drug-likeness (QED) is 0.780. The Morgan fingerprint density at radius 3 is 3.17 bits per heavy atom. The molecule has 0 aromatic carbocycles. The first-order chi connectivity index (χ1) is 8.83. The van der Waals surface area contributed by atoms with Gasteiger partial charge in [-0.1, -0.05) is 6.92 Å². The number of nitrogens with zero attached hydrogens (tertiary/aromatic N) is 2. The van der Waals surface area contributed by atoms with Crippen LogP contribution in [-0.2, 0) is 11.3 Å². The highest BCUT2D eigenvalue weighted by Gasteiger charge is 2.22. The second kappa shape index (κ2) is 6.71. The van der Waals surface area contributed by atoms with Gasteiger partial charge >= 0.3 is 0 Å². The van der Waals surface area contributed by atoms with E-state index in [-0.39, 0.29) is 0 Å². The van der Waals surface area contributed by atoms with Crippen molar-refractivity contribution in [2.45, 2.75) is 32.4 Å². The smallest absolute Gasteiger partial charge is 0.128 e. The molecule has 1 aromatic rings. The second-order valence-electron chi connectivity index (χ2n) is 4.79. The van der Waals surface area contributed by atoms with E-state index in [9.17, 15) is 0 Å². The summed E-state index contributed by atoms with van der Waals surface area (Å²) in [5.74, 6) is 1.07. The van der Waals surface area contributed by atoms with E-state index >= 15 is 0 Å². The Labute approximate surface area is 109 Å². The van der Waals surface area contributed by atoms with Gasteiger partial charge in [-0.15, -0.1) is 0 Å². The van der Waals surface area contributed by atoms with E-state index in [2.05, 4.69) is 34.3 Å². The number of ether oxygens (including phenoxy) is 1. The van der Waals surface area contributed by atoms with E-state index in [1.54, 1.807) is 7.11 Å². The summed E-state index contributed by atoms with van der Waals surface area (Å²) in [6.07, 6.45) is 4.52. The standard InChI is InChI=1S/C14H23N3O/c1-3-6-15-10-12-4-7-16-14(9-12)17-8-5-13(11-17)18-2/h4,7,9,13,15H,3,5-6,8,10-11H2,1-2H3. The molecule has 0 spiro atoms. The van der Waals surface area contributed by atoms with Gasteiger partial charge in [0.2, 0.25) is 0 Å². The van der Waals surface area contributed by atoms with E-state index < -0.39 is 0 Å². The van der Waals surface area contributed by atoms with Crippen LogP contribution in [0.5, 0.6) is 0 Å². The van der Waals surface area contributed by atoms with Crippen LogP contribution in [0.15, 0.2) is 18.3 Å². The molecule has 1 saturated heterocycles. The minimum absolute atomic E-state index is 0.355. The Kier molecular flexibility index (Phi) is 4.96. The molecule has 1 N–H and O–H groups in total. The lowest BCUT2D eigenvalue weighted by atomic mass is 10.2. The molecule has 1 atom stereocenters. The van der Waals surface area contributed by atoms with Gasteiger partial charge in [-0.3, -0.25) is 0 Å². The summed E-state index contributed by atoms with van der Waals surface area (Å²) in [6.45, 7) is 6.16. The van der Waals surface area contributed by atoms with E-state index in [4.69, 9.17) is 4.74 Å². The highest BCUT2D eigenvalue weighted by Crippen LogP contribution is 2.20. The van der Waals surface area contributed by atoms with Gasteiger partial charge in [-0.2, -0.15) is 0 Å². The molecule has 1 aliphatic heterocycles. The number of anilines is 1. The average Bonchev–Trinajstić information content (AvgIpc) is 2.88. The maximum absolute atomic E-state index is 5.39. The minimum Gasteiger partial charge on any atom is -0.380 e. The molecule has 0 radical (unpaired) electrons. The minimum atomic E-state index is 0.355. The lowest BCUT2D eigenvalue weighted by Gasteiger charge is -2.17. The Balaban J connectivity index is 1.94. The molecule has 1 fully saturated rings. The van der Waals surface area contributed by atoms with Crippen molar-refractivity contribution in [2.24, 2.45) is 0 Å². The van der Waals surface area contributed by atoms with Gasteiger partial charge in [0.15, 0.2) is 0 Å². The molecular formula is C14H23N3O. The molecule has 0 saturated carbocycles. The summed E-state index contributed by atoms with van der Waals surface area (Å²) in [7, 11) is 1.78. The fraction of sp³-hybridized carbons (Fsp3) is 0.643. The van der Waals surface area contributed by atoms with Crippen molar-refractivity contribution in [3.05, 3.63) is 23.9 Å². The molecular weight excluding hydrogens is 226 g/mol. The largest absolute Gasteiger partial charge is 0.380 e. The molecule has 0 aliphatic carbocycles. The molecule has 2 heterocycles. The number of nitrogens with one attached hydrogen (secondary N) is 1. The van der Waals surface area contributed by atoms with Crippen molar-refractivity contribution >= 4 is 5.82 Å². The average molecular weight is 249 g/mol. The molecule has 100 valence electrons. The summed E-state index contributed by atoms with van der Waals surface area (Å²) in [4.78, 5) is 6.76. The first-order valence-corrected chi connectivity index (χ1v) is 6.77. The fourth-order valence-electron chi connectivity index (χ4n) is 2.28. The third-order valence-corrected chi connectivity index (χ3v) is 3.37. The van der Waals surface area contributed by atoms with Gasteiger partial charge in [-0.05, 0) is 37.1 Å². The Bertz CT molecular complexity index is 370. The predicted molar refractivity (Wildman–Crippen MR) is 73.9 cm³/mol. The SMILES string of the molecule is CCCNCc1ccnc(N2CCC(OC)C2)c1. The van der Waals surface area contributed by atoms with Crippen molar-refractivity contribution in [3.63, 3.8) is 0 Å². The van der Waals surface area contributed by atoms with Crippen molar-refractivity contribution in [3.8, 4) is 0 Å². The summed E-state index contributed by atoms with van der Waals surface area (Å²) in [6, 6.07) is 4.26. The Hall–Kier alpha value is -1.13. The summed E-state index contributed by atoms with van der Waals surface area (Å²) in [5, 5.41) is 3.42. The van der Waals surface area contributed by atoms with Crippen LogP contribution in [0, 0.1) is 0 Å². The Morgan fingerprint density at radius 2 is 2.44 bits per heavy atom. The number of pyridine rings is 1. The van der Waals surface area contributed by atoms with E-state index in [1.807, 2.05) is 6.20 Å². The maximum Gasteiger partial charge on any atom is 0.128 e. The van der Waals surface area contributed by atoms with Gasteiger partial charge < -0.3 is 15.0 Å². The van der Waals surface area contributed by atoms with E-state index in [0.29, 0.717) is 6.10 Å². The predicted octanol–water partition coefficient (Wildman–Crippen LogP) is 1.81. The number of rotatable bonds is 6. The first-order valence-electron chi connectivity index (χ1n) is 6.77. The molecule has 2 rings (SSSR count). The molecule has 4 heteroatoms. The van der Waals surface area contributed by atoms with Crippen LogP contribution in [0.4, 0.5) is 5.82 Å². The molecule has 1 unspecified atom stereocenters. The lowest BCUT2D eigenvalue weighted by Crippen LogP contribution is -2.23. The Morgan fingerprint density at radius 1 is 1.56 bits per heavy atom. The number of methoxy groups -OCH3 is 1. The second-order valence-corrected chi connectivity index (χ2v) is 4.79. The van der Waals surface area contributed by atoms with Crippen molar-refractivity contribution in [1.82, 2.24) is 10.3 Å². The zero-order valence-electron chi connectivity index (χ0n) is 11.4. The van der Waals surface area contributed by atoms with Crippen LogP contribution in [0.3, 0.4) is 0 Å². The number of hydrogen-bond acceptors (Lipinski definition) is 4. The molecule has 0 amide bonds. The van der Waals surface area contributed by atoms with Gasteiger partial charge in [0.25, 0.3) is 0 Å². The lowest BCUT2D eigenvalue weighted by molar-refractivity contribution is 0.121. The van der Waals surface area contributed by atoms with E-state index in [1.165, 1.54) is 12.0 Å². The number of aromatic nitrogens is 1. The van der Waals surface area contributed by atoms with Crippen LogP contribution in [0.2, 0.25) is 0 Å². The van der Waals surface area contributed by atoms with Crippen molar-refractivity contribution in [1.29, 1.82) is 0 Å². The zero-order chi connectivity index (χ0) is 12.8. The van der Waals surface area contributed by atoms with Crippen LogP contribution in [-0.4, -0.2) is 37.8 Å². The van der Waals surface area contributed by atoms with Crippen molar-refractivity contribution in [2.75, 3.05) is 31.6 Å². The molecule has 1 aromatic heterocycles. The highest BCUT2D eigenvalue weighted by atomic mass is 16.5. The third kappa shape index (κ3) is 3.43. The van der Waals surface area contributed by atoms with Gasteiger partial charge in [0, 0.05) is 32.9 Å². The van der Waals surface area contributed by atoms with Gasteiger partial charge in [0.05, 0.1) is 6.10 Å². The molecule has 4 nitrogen and oxygen atoms in total. The zero-order valence-corrected chi connectivity index (χ0v) is 11.4. The van der Waals surface area contributed by atoms with Crippen LogP contribution in [0.1, 0.15) is 25.3 Å². The summed E-state index contributed by atoms with van der Waals surface area (Å²) < 4.78 is 5.39.